The minimum Gasteiger partial charge on any atom is -0.354 e. The lowest BCUT2D eigenvalue weighted by atomic mass is 10.1. The summed E-state index contributed by atoms with van der Waals surface area (Å²) in [4.78, 5) is 24.3. The van der Waals surface area contributed by atoms with Gasteiger partial charge in [-0.15, -0.1) is 0 Å². The monoisotopic (exact) mass is 391 g/mol. The van der Waals surface area contributed by atoms with Crippen LogP contribution in [-0.4, -0.2) is 32.8 Å². The zero-order chi connectivity index (χ0) is 19.4. The molecule has 1 saturated heterocycles. The fraction of sp³-hybridized carbons (Fsp3) is 0.222. The van der Waals surface area contributed by atoms with Crippen molar-refractivity contribution in [3.8, 4) is 0 Å². The van der Waals surface area contributed by atoms with E-state index in [1.54, 1.807) is 12.1 Å². The second-order valence-electron chi connectivity index (χ2n) is 6.06. The number of para-hydroxylation sites is 1. The molecule has 9 heteroatoms. The van der Waals surface area contributed by atoms with E-state index in [0.717, 1.165) is 30.7 Å². The van der Waals surface area contributed by atoms with Crippen molar-refractivity contribution in [2.75, 3.05) is 11.3 Å². The van der Waals surface area contributed by atoms with E-state index in [1.807, 2.05) is 0 Å². The van der Waals surface area contributed by atoms with Crippen LogP contribution < -0.4 is 15.4 Å². The van der Waals surface area contributed by atoms with Gasteiger partial charge in [0.15, 0.2) is 0 Å². The summed E-state index contributed by atoms with van der Waals surface area (Å²) < 4.78 is 40.4. The van der Waals surface area contributed by atoms with E-state index in [9.17, 15) is 22.4 Å². The van der Waals surface area contributed by atoms with Crippen LogP contribution >= 0.6 is 0 Å². The summed E-state index contributed by atoms with van der Waals surface area (Å²) >= 11 is 0. The number of halogens is 1. The average Bonchev–Trinajstić information content (AvgIpc) is 2.64. The Morgan fingerprint density at radius 2 is 1.81 bits per heavy atom. The van der Waals surface area contributed by atoms with Crippen LogP contribution in [0.3, 0.4) is 0 Å². The predicted molar refractivity (Wildman–Crippen MR) is 97.1 cm³/mol. The molecule has 2 amide bonds. The third kappa shape index (κ3) is 4.43. The second-order valence-corrected chi connectivity index (χ2v) is 7.75. The SMILES string of the molecule is O=C(NC1CCCNC1=O)c1ccccc1NS(=O)(=O)c1ccc(F)cc1. The zero-order valence-corrected chi connectivity index (χ0v) is 15.1. The van der Waals surface area contributed by atoms with Gasteiger partial charge in [-0.1, -0.05) is 12.1 Å². The molecular formula is C18H18FN3O4S. The van der Waals surface area contributed by atoms with Gasteiger partial charge in [-0.3, -0.25) is 14.3 Å². The van der Waals surface area contributed by atoms with E-state index < -0.39 is 27.8 Å². The Morgan fingerprint density at radius 3 is 2.52 bits per heavy atom. The van der Waals surface area contributed by atoms with Crippen molar-refractivity contribution in [3.05, 3.63) is 59.9 Å². The summed E-state index contributed by atoms with van der Waals surface area (Å²) in [6, 6.07) is 9.74. The topological polar surface area (TPSA) is 104 Å². The largest absolute Gasteiger partial charge is 0.354 e. The molecule has 0 saturated carbocycles. The van der Waals surface area contributed by atoms with Crippen molar-refractivity contribution in [1.82, 2.24) is 10.6 Å². The van der Waals surface area contributed by atoms with Gasteiger partial charge in [-0.2, -0.15) is 0 Å². The second kappa shape index (κ2) is 7.75. The van der Waals surface area contributed by atoms with Gasteiger partial charge in [0, 0.05) is 6.54 Å². The number of carbonyl (C=O) groups is 2. The van der Waals surface area contributed by atoms with E-state index >= 15 is 0 Å². The van der Waals surface area contributed by atoms with Crippen molar-refractivity contribution in [2.24, 2.45) is 0 Å². The summed E-state index contributed by atoms with van der Waals surface area (Å²) in [5, 5.41) is 5.29. The Bertz CT molecular complexity index is 961. The highest BCUT2D eigenvalue weighted by atomic mass is 32.2. The average molecular weight is 391 g/mol. The molecule has 1 heterocycles. The lowest BCUT2D eigenvalue weighted by Crippen LogP contribution is -2.50. The molecule has 1 fully saturated rings. The number of sulfonamides is 1. The summed E-state index contributed by atoms with van der Waals surface area (Å²) in [7, 11) is -4.01. The number of amides is 2. The van der Waals surface area contributed by atoms with E-state index in [-0.39, 0.29) is 22.1 Å². The van der Waals surface area contributed by atoms with E-state index in [2.05, 4.69) is 15.4 Å². The molecule has 0 bridgehead atoms. The molecule has 3 N–H and O–H groups in total. The molecule has 0 aromatic heterocycles. The molecule has 0 radical (unpaired) electrons. The molecule has 27 heavy (non-hydrogen) atoms. The van der Waals surface area contributed by atoms with Crippen LogP contribution in [0.25, 0.3) is 0 Å². The zero-order valence-electron chi connectivity index (χ0n) is 14.2. The number of carbonyl (C=O) groups excluding carboxylic acids is 2. The summed E-state index contributed by atoms with van der Waals surface area (Å²) in [5.41, 5.74) is 0.150. The van der Waals surface area contributed by atoms with Crippen LogP contribution in [0.1, 0.15) is 23.2 Å². The first-order chi connectivity index (χ1) is 12.9. The van der Waals surface area contributed by atoms with Gasteiger partial charge in [0.2, 0.25) is 5.91 Å². The highest BCUT2D eigenvalue weighted by Gasteiger charge is 2.25. The number of rotatable bonds is 5. The van der Waals surface area contributed by atoms with Crippen LogP contribution in [-0.2, 0) is 14.8 Å². The number of hydrogen-bond acceptors (Lipinski definition) is 4. The van der Waals surface area contributed by atoms with E-state index in [4.69, 9.17) is 0 Å². The quantitative estimate of drug-likeness (QED) is 0.721. The highest BCUT2D eigenvalue weighted by Crippen LogP contribution is 2.21. The Hall–Kier alpha value is -2.94. The van der Waals surface area contributed by atoms with Gasteiger partial charge in [-0.05, 0) is 49.2 Å². The first-order valence-electron chi connectivity index (χ1n) is 8.33. The number of anilines is 1. The molecule has 0 aliphatic carbocycles. The summed E-state index contributed by atoms with van der Waals surface area (Å²) in [5.74, 6) is -1.38. The van der Waals surface area contributed by atoms with Gasteiger partial charge in [-0.25, -0.2) is 12.8 Å². The fourth-order valence-corrected chi connectivity index (χ4v) is 3.81. The molecule has 1 aliphatic rings. The maximum Gasteiger partial charge on any atom is 0.261 e. The smallest absolute Gasteiger partial charge is 0.261 e. The third-order valence-corrected chi connectivity index (χ3v) is 5.51. The Morgan fingerprint density at radius 1 is 1.11 bits per heavy atom. The van der Waals surface area contributed by atoms with Crippen LogP contribution in [0.15, 0.2) is 53.4 Å². The van der Waals surface area contributed by atoms with Gasteiger partial charge < -0.3 is 10.6 Å². The van der Waals surface area contributed by atoms with Crippen LogP contribution in [0.5, 0.6) is 0 Å². The molecule has 2 aromatic carbocycles. The minimum atomic E-state index is -4.01. The summed E-state index contributed by atoms with van der Waals surface area (Å²) in [6.45, 7) is 0.569. The van der Waals surface area contributed by atoms with E-state index in [1.165, 1.54) is 12.1 Å². The number of benzene rings is 2. The lowest BCUT2D eigenvalue weighted by molar-refractivity contribution is -0.124. The standard InChI is InChI=1S/C18H18FN3O4S/c19-12-7-9-13(10-8-12)27(25,26)22-15-5-2-1-4-14(15)17(23)21-16-6-3-11-20-18(16)24/h1-2,4-5,7-10,16,22H,3,6,11H2,(H,20,24)(H,21,23). The number of nitrogens with one attached hydrogen (secondary N) is 3. The van der Waals surface area contributed by atoms with Gasteiger partial charge in [0.1, 0.15) is 11.9 Å². The minimum absolute atomic E-state index is 0.0653. The molecule has 142 valence electrons. The molecular weight excluding hydrogens is 373 g/mol. The van der Waals surface area contributed by atoms with Crippen molar-refractivity contribution in [2.45, 2.75) is 23.8 Å². The third-order valence-electron chi connectivity index (χ3n) is 4.13. The highest BCUT2D eigenvalue weighted by molar-refractivity contribution is 7.92. The normalized spacial score (nSPS) is 17.1. The molecule has 3 rings (SSSR count). The van der Waals surface area contributed by atoms with Crippen LogP contribution in [0.4, 0.5) is 10.1 Å². The predicted octanol–water partition coefficient (Wildman–Crippen LogP) is 1.63. The molecule has 1 unspecified atom stereocenters. The first kappa shape index (κ1) is 18.8. The fourth-order valence-electron chi connectivity index (χ4n) is 2.73. The van der Waals surface area contributed by atoms with Crippen LogP contribution in [0, 0.1) is 5.82 Å². The molecule has 0 spiro atoms. The first-order valence-corrected chi connectivity index (χ1v) is 9.81. The molecule has 7 nitrogen and oxygen atoms in total. The van der Waals surface area contributed by atoms with Crippen molar-refractivity contribution in [1.29, 1.82) is 0 Å². The molecule has 1 atom stereocenters. The Kier molecular flexibility index (Phi) is 5.41. The van der Waals surface area contributed by atoms with Crippen molar-refractivity contribution < 1.29 is 22.4 Å². The maximum absolute atomic E-state index is 13.0. The maximum atomic E-state index is 13.0. The van der Waals surface area contributed by atoms with E-state index in [0.29, 0.717) is 13.0 Å². The van der Waals surface area contributed by atoms with Gasteiger partial charge in [0.05, 0.1) is 16.1 Å². The lowest BCUT2D eigenvalue weighted by Gasteiger charge is -2.23. The van der Waals surface area contributed by atoms with Gasteiger partial charge in [0.25, 0.3) is 15.9 Å². The van der Waals surface area contributed by atoms with Crippen LogP contribution in [0.2, 0.25) is 0 Å². The Balaban J connectivity index is 1.82. The van der Waals surface area contributed by atoms with Crippen molar-refractivity contribution >= 4 is 27.5 Å². The van der Waals surface area contributed by atoms with Gasteiger partial charge >= 0.3 is 0 Å². The number of piperidine rings is 1. The van der Waals surface area contributed by atoms with Crippen molar-refractivity contribution in [3.63, 3.8) is 0 Å². The number of hydrogen-bond donors (Lipinski definition) is 3. The Labute approximate surface area is 156 Å². The molecule has 1 aliphatic heterocycles. The molecule has 2 aromatic rings. The summed E-state index contributed by atoms with van der Waals surface area (Å²) in [6.07, 6.45) is 1.26.